The van der Waals surface area contributed by atoms with Crippen LogP contribution >= 0.6 is 31.9 Å². The van der Waals surface area contributed by atoms with E-state index in [9.17, 15) is 0 Å². The van der Waals surface area contributed by atoms with Crippen molar-refractivity contribution < 1.29 is 4.74 Å². The molecule has 1 aliphatic rings. The van der Waals surface area contributed by atoms with Crippen molar-refractivity contribution in [2.45, 2.75) is 18.9 Å². The van der Waals surface area contributed by atoms with Crippen LogP contribution in [-0.2, 0) is 4.74 Å². The molecule has 13 heavy (non-hydrogen) atoms. The third kappa shape index (κ3) is 2.11. The lowest BCUT2D eigenvalue weighted by Gasteiger charge is -2.20. The molecule has 0 radical (unpaired) electrons. The number of hydrogen-bond donors (Lipinski definition) is 0. The average Bonchev–Trinajstić information content (AvgIpc) is 2.49. The molecule has 72 valence electrons. The lowest BCUT2D eigenvalue weighted by Crippen LogP contribution is -2.21. The maximum absolute atomic E-state index is 5.27. The lowest BCUT2D eigenvalue weighted by atomic mass is 10.1. The van der Waals surface area contributed by atoms with E-state index in [0.29, 0.717) is 6.04 Å². The van der Waals surface area contributed by atoms with Crippen molar-refractivity contribution >= 4 is 31.9 Å². The van der Waals surface area contributed by atoms with Gasteiger partial charge < -0.3 is 4.74 Å². The van der Waals surface area contributed by atoms with E-state index in [0.717, 1.165) is 35.3 Å². The van der Waals surface area contributed by atoms with Crippen molar-refractivity contribution in [2.24, 2.45) is 0 Å². The van der Waals surface area contributed by atoms with Crippen molar-refractivity contribution in [3.63, 3.8) is 0 Å². The molecule has 0 saturated carbocycles. The number of nitrogens with zero attached hydrogens (tertiary/aromatic N) is 3. The van der Waals surface area contributed by atoms with Gasteiger partial charge in [0, 0.05) is 13.2 Å². The number of hydrogen-bond acceptors (Lipinski definition) is 3. The lowest BCUT2D eigenvalue weighted by molar-refractivity contribution is 0.0619. The summed E-state index contributed by atoms with van der Waals surface area (Å²) in [4.78, 5) is 1.76. The van der Waals surface area contributed by atoms with E-state index in [2.05, 4.69) is 42.1 Å². The van der Waals surface area contributed by atoms with E-state index >= 15 is 0 Å². The van der Waals surface area contributed by atoms with Crippen LogP contribution in [0.4, 0.5) is 0 Å². The number of ether oxygens (including phenoxy) is 1. The molecule has 2 heterocycles. The van der Waals surface area contributed by atoms with Gasteiger partial charge in [0.2, 0.25) is 0 Å². The number of aromatic nitrogens is 3. The summed E-state index contributed by atoms with van der Waals surface area (Å²) in [5.74, 6) is 0. The highest BCUT2D eigenvalue weighted by Gasteiger charge is 2.18. The maximum atomic E-state index is 5.27. The third-order valence-corrected chi connectivity index (χ3v) is 3.67. The fraction of sp³-hybridized carbons (Fsp3) is 0.714. The summed E-state index contributed by atoms with van der Waals surface area (Å²) in [7, 11) is 0. The molecule has 0 spiro atoms. The van der Waals surface area contributed by atoms with Gasteiger partial charge in [-0.2, -0.15) is 4.80 Å². The van der Waals surface area contributed by atoms with Crippen molar-refractivity contribution in [1.29, 1.82) is 0 Å². The highest BCUT2D eigenvalue weighted by atomic mass is 79.9. The van der Waals surface area contributed by atoms with Gasteiger partial charge in [0.1, 0.15) is 0 Å². The second-order valence-corrected chi connectivity index (χ2v) is 4.45. The molecule has 0 atom stereocenters. The van der Waals surface area contributed by atoms with Crippen LogP contribution in [0, 0.1) is 0 Å². The Labute approximate surface area is 92.9 Å². The van der Waals surface area contributed by atoms with Gasteiger partial charge in [-0.1, -0.05) is 0 Å². The Morgan fingerprint density at radius 3 is 2.23 bits per heavy atom. The Bertz CT molecular complexity index is 276. The van der Waals surface area contributed by atoms with E-state index in [4.69, 9.17) is 4.74 Å². The molecule has 1 saturated heterocycles. The highest BCUT2D eigenvalue weighted by molar-refractivity contribution is 9.13. The zero-order chi connectivity index (χ0) is 9.26. The molecule has 1 aliphatic heterocycles. The molecule has 4 nitrogen and oxygen atoms in total. The fourth-order valence-electron chi connectivity index (χ4n) is 1.36. The van der Waals surface area contributed by atoms with Crippen molar-refractivity contribution in [1.82, 2.24) is 15.0 Å². The normalized spacial score (nSPS) is 19.2. The Morgan fingerprint density at radius 2 is 1.69 bits per heavy atom. The second kappa shape index (κ2) is 4.06. The van der Waals surface area contributed by atoms with E-state index in [1.54, 1.807) is 4.80 Å². The predicted octanol–water partition coefficient (Wildman–Crippen LogP) is 2.15. The Balaban J connectivity index is 2.14. The SMILES string of the molecule is Brc1nn(C2CCOCC2)nc1Br. The van der Waals surface area contributed by atoms with Crippen LogP contribution in [0.25, 0.3) is 0 Å². The van der Waals surface area contributed by atoms with Crippen LogP contribution in [0.1, 0.15) is 18.9 Å². The average molecular weight is 311 g/mol. The van der Waals surface area contributed by atoms with Crippen molar-refractivity contribution in [2.75, 3.05) is 13.2 Å². The molecule has 1 aromatic rings. The van der Waals surface area contributed by atoms with Gasteiger partial charge in [0.05, 0.1) is 6.04 Å². The molecular weight excluding hydrogens is 302 g/mol. The first-order chi connectivity index (χ1) is 6.27. The van der Waals surface area contributed by atoms with E-state index in [-0.39, 0.29) is 0 Å². The summed E-state index contributed by atoms with van der Waals surface area (Å²) in [6, 6.07) is 0.386. The highest BCUT2D eigenvalue weighted by Crippen LogP contribution is 2.23. The Kier molecular flexibility index (Phi) is 3.00. The van der Waals surface area contributed by atoms with Crippen LogP contribution in [0.15, 0.2) is 9.21 Å². The van der Waals surface area contributed by atoms with Crippen LogP contribution < -0.4 is 0 Å². The molecule has 0 aromatic carbocycles. The minimum Gasteiger partial charge on any atom is -0.381 e. The molecule has 0 amide bonds. The van der Waals surface area contributed by atoms with E-state index in [1.807, 2.05) is 0 Å². The number of rotatable bonds is 1. The Hall–Kier alpha value is 0.0600. The topological polar surface area (TPSA) is 39.9 Å². The second-order valence-electron chi connectivity index (χ2n) is 2.95. The van der Waals surface area contributed by atoms with Gasteiger partial charge in [-0.3, -0.25) is 0 Å². The molecule has 0 N–H and O–H groups in total. The summed E-state index contributed by atoms with van der Waals surface area (Å²) >= 11 is 6.62. The van der Waals surface area contributed by atoms with Gasteiger partial charge >= 0.3 is 0 Å². The predicted molar refractivity (Wildman–Crippen MR) is 54.5 cm³/mol. The summed E-state index contributed by atoms with van der Waals surface area (Å²) in [6.07, 6.45) is 1.99. The summed E-state index contributed by atoms with van der Waals surface area (Å²) in [6.45, 7) is 1.61. The van der Waals surface area contributed by atoms with Gasteiger partial charge in [0.25, 0.3) is 0 Å². The third-order valence-electron chi connectivity index (χ3n) is 2.07. The summed E-state index contributed by atoms with van der Waals surface area (Å²) in [5.41, 5.74) is 0. The molecule has 0 bridgehead atoms. The van der Waals surface area contributed by atoms with Crippen LogP contribution in [-0.4, -0.2) is 28.2 Å². The van der Waals surface area contributed by atoms with Gasteiger partial charge in [-0.25, -0.2) is 0 Å². The molecular formula is C7H9Br2N3O. The molecule has 0 aliphatic carbocycles. The minimum absolute atomic E-state index is 0.386. The first-order valence-corrected chi connectivity index (χ1v) is 5.71. The quantitative estimate of drug-likeness (QED) is 0.798. The van der Waals surface area contributed by atoms with Crippen LogP contribution in [0.5, 0.6) is 0 Å². The number of halogens is 2. The molecule has 0 unspecified atom stereocenters. The van der Waals surface area contributed by atoms with Crippen LogP contribution in [0.3, 0.4) is 0 Å². The van der Waals surface area contributed by atoms with E-state index in [1.165, 1.54) is 0 Å². The smallest absolute Gasteiger partial charge is 0.162 e. The minimum atomic E-state index is 0.386. The first-order valence-electron chi connectivity index (χ1n) is 4.13. The summed E-state index contributed by atoms with van der Waals surface area (Å²) < 4.78 is 6.79. The molecule has 1 fully saturated rings. The van der Waals surface area contributed by atoms with Crippen molar-refractivity contribution in [3.8, 4) is 0 Å². The molecule has 1 aromatic heterocycles. The van der Waals surface area contributed by atoms with E-state index < -0.39 is 0 Å². The van der Waals surface area contributed by atoms with Gasteiger partial charge in [-0.15, -0.1) is 10.2 Å². The monoisotopic (exact) mass is 309 g/mol. The summed E-state index contributed by atoms with van der Waals surface area (Å²) in [5, 5.41) is 8.51. The largest absolute Gasteiger partial charge is 0.381 e. The van der Waals surface area contributed by atoms with Crippen LogP contribution in [0.2, 0.25) is 0 Å². The standard InChI is InChI=1S/C7H9Br2N3O/c8-6-7(9)11-12(10-6)5-1-3-13-4-2-5/h5H,1-4H2. The first kappa shape index (κ1) is 9.61. The zero-order valence-corrected chi connectivity index (χ0v) is 10.1. The van der Waals surface area contributed by atoms with Gasteiger partial charge in [-0.05, 0) is 44.7 Å². The maximum Gasteiger partial charge on any atom is 0.162 e. The molecule has 6 heteroatoms. The fourth-order valence-corrected chi connectivity index (χ4v) is 1.85. The zero-order valence-electron chi connectivity index (χ0n) is 6.91. The molecule has 2 rings (SSSR count). The van der Waals surface area contributed by atoms with Gasteiger partial charge in [0.15, 0.2) is 9.21 Å². The Morgan fingerprint density at radius 1 is 1.15 bits per heavy atom. The van der Waals surface area contributed by atoms with Crippen molar-refractivity contribution in [3.05, 3.63) is 9.21 Å².